The van der Waals surface area contributed by atoms with Crippen LogP contribution < -0.4 is 29.6 Å². The normalized spacial score (nSPS) is 13.7. The van der Waals surface area contributed by atoms with Crippen molar-refractivity contribution >= 4 is 11.5 Å². The Bertz CT molecular complexity index is 1090. The molecule has 1 aromatic heterocycles. The molecule has 2 aromatic carbocycles. The lowest BCUT2D eigenvalue weighted by molar-refractivity contribution is 0.271. The minimum atomic E-state index is -0.146. The first-order valence-corrected chi connectivity index (χ1v) is 10.7. The fourth-order valence-electron chi connectivity index (χ4n) is 3.75. The summed E-state index contributed by atoms with van der Waals surface area (Å²) >= 11 is 0. The molecule has 0 spiro atoms. The van der Waals surface area contributed by atoms with Gasteiger partial charge in [-0.05, 0) is 30.3 Å². The maximum atomic E-state index is 12.3. The van der Waals surface area contributed by atoms with Crippen molar-refractivity contribution in [2.75, 3.05) is 56.8 Å². The second-order valence-electron chi connectivity index (χ2n) is 7.43. The van der Waals surface area contributed by atoms with Crippen molar-refractivity contribution in [3.05, 3.63) is 71.0 Å². The van der Waals surface area contributed by atoms with Gasteiger partial charge in [0.25, 0.3) is 5.56 Å². The van der Waals surface area contributed by atoms with Crippen molar-refractivity contribution in [1.29, 1.82) is 0 Å². The van der Waals surface area contributed by atoms with Crippen molar-refractivity contribution in [2.24, 2.45) is 0 Å². The van der Waals surface area contributed by atoms with Crippen LogP contribution in [0.3, 0.4) is 0 Å². The molecule has 0 aliphatic carbocycles. The average molecular weight is 437 g/mol. The summed E-state index contributed by atoms with van der Waals surface area (Å²) in [4.78, 5) is 16.8. The summed E-state index contributed by atoms with van der Waals surface area (Å²) in [5.41, 5.74) is 1.00. The third-order valence-electron chi connectivity index (χ3n) is 5.50. The summed E-state index contributed by atoms with van der Waals surface area (Å²) in [5.74, 6) is 2.96. The van der Waals surface area contributed by atoms with Crippen LogP contribution in [0.1, 0.15) is 0 Å². The SMILES string of the molecule is COc1cccc(N2CCN(c3ccc(=O)n(CCOc4ccccc4OC)n3)CC2)c1. The minimum absolute atomic E-state index is 0.146. The van der Waals surface area contributed by atoms with Crippen LogP contribution in [0.15, 0.2) is 65.5 Å². The lowest BCUT2D eigenvalue weighted by atomic mass is 10.2. The highest BCUT2D eigenvalue weighted by Gasteiger charge is 2.19. The van der Waals surface area contributed by atoms with Gasteiger partial charge in [-0.15, -0.1) is 0 Å². The van der Waals surface area contributed by atoms with E-state index in [0.717, 1.165) is 43.4 Å². The van der Waals surface area contributed by atoms with Crippen molar-refractivity contribution in [1.82, 2.24) is 9.78 Å². The van der Waals surface area contributed by atoms with E-state index in [9.17, 15) is 4.79 Å². The van der Waals surface area contributed by atoms with Gasteiger partial charge in [-0.25, -0.2) is 4.68 Å². The summed E-state index contributed by atoms with van der Waals surface area (Å²) in [6.07, 6.45) is 0. The van der Waals surface area contributed by atoms with Gasteiger partial charge in [0.15, 0.2) is 11.5 Å². The van der Waals surface area contributed by atoms with Crippen LogP contribution in [0.2, 0.25) is 0 Å². The maximum absolute atomic E-state index is 12.3. The Balaban J connectivity index is 1.37. The summed E-state index contributed by atoms with van der Waals surface area (Å²) < 4.78 is 17.9. The molecule has 4 rings (SSSR count). The smallest absolute Gasteiger partial charge is 0.266 e. The molecule has 2 heterocycles. The van der Waals surface area contributed by atoms with Gasteiger partial charge in [0.2, 0.25) is 0 Å². The van der Waals surface area contributed by atoms with Crippen molar-refractivity contribution in [3.8, 4) is 17.2 Å². The first kappa shape index (κ1) is 21.5. The Morgan fingerprint density at radius 1 is 0.844 bits per heavy atom. The highest BCUT2D eigenvalue weighted by atomic mass is 16.5. The number of methoxy groups -OCH3 is 2. The molecule has 0 radical (unpaired) electrons. The van der Waals surface area contributed by atoms with Gasteiger partial charge < -0.3 is 24.0 Å². The van der Waals surface area contributed by atoms with Gasteiger partial charge in [-0.2, -0.15) is 5.10 Å². The monoisotopic (exact) mass is 436 g/mol. The first-order chi connectivity index (χ1) is 15.7. The molecule has 0 N–H and O–H groups in total. The molecule has 1 aliphatic heterocycles. The maximum Gasteiger partial charge on any atom is 0.266 e. The molecule has 0 bridgehead atoms. The third kappa shape index (κ3) is 4.96. The van der Waals surface area contributed by atoms with Gasteiger partial charge in [-0.3, -0.25) is 4.79 Å². The average Bonchev–Trinajstić information content (AvgIpc) is 2.85. The second kappa shape index (κ2) is 10.1. The fraction of sp³-hybridized carbons (Fsp3) is 0.333. The van der Waals surface area contributed by atoms with E-state index in [-0.39, 0.29) is 5.56 Å². The standard InChI is InChI=1S/C24H28N4O4/c1-30-20-7-5-6-19(18-20)26-12-14-27(15-13-26)23-10-11-24(29)28(25-23)16-17-32-22-9-4-3-8-21(22)31-2/h3-11,18H,12-17H2,1-2H3. The van der Waals surface area contributed by atoms with Crippen LogP contribution >= 0.6 is 0 Å². The largest absolute Gasteiger partial charge is 0.497 e. The number of hydrogen-bond donors (Lipinski definition) is 0. The number of aromatic nitrogens is 2. The zero-order chi connectivity index (χ0) is 22.3. The third-order valence-corrected chi connectivity index (χ3v) is 5.50. The van der Waals surface area contributed by atoms with Gasteiger partial charge in [0.05, 0.1) is 20.8 Å². The van der Waals surface area contributed by atoms with Gasteiger partial charge in [0, 0.05) is 44.0 Å². The van der Waals surface area contributed by atoms with E-state index < -0.39 is 0 Å². The van der Waals surface area contributed by atoms with Gasteiger partial charge in [0.1, 0.15) is 18.2 Å². The number of rotatable bonds is 8. The highest BCUT2D eigenvalue weighted by Crippen LogP contribution is 2.26. The number of piperazine rings is 1. The minimum Gasteiger partial charge on any atom is -0.497 e. The van der Waals surface area contributed by atoms with E-state index >= 15 is 0 Å². The lowest BCUT2D eigenvalue weighted by Gasteiger charge is -2.36. The molecule has 0 saturated carbocycles. The predicted octanol–water partition coefficient (Wildman–Crippen LogP) is 2.67. The Morgan fingerprint density at radius 3 is 2.34 bits per heavy atom. The van der Waals surface area contributed by atoms with Crippen molar-refractivity contribution in [3.63, 3.8) is 0 Å². The topological polar surface area (TPSA) is 69.1 Å². The summed E-state index contributed by atoms with van der Waals surface area (Å²) in [7, 11) is 3.28. The molecule has 0 atom stereocenters. The van der Waals surface area contributed by atoms with E-state index in [1.165, 1.54) is 4.68 Å². The van der Waals surface area contributed by atoms with E-state index in [4.69, 9.17) is 14.2 Å². The van der Waals surface area contributed by atoms with Crippen LogP contribution in [0.4, 0.5) is 11.5 Å². The molecule has 0 unspecified atom stereocenters. The van der Waals surface area contributed by atoms with Crippen molar-refractivity contribution < 1.29 is 14.2 Å². The summed E-state index contributed by atoms with van der Waals surface area (Å²) in [5, 5.41) is 4.58. The molecule has 1 saturated heterocycles. The summed E-state index contributed by atoms with van der Waals surface area (Å²) in [6.45, 7) is 4.05. The molecule has 0 amide bonds. The number of ether oxygens (including phenoxy) is 3. The molecular weight excluding hydrogens is 408 g/mol. The lowest BCUT2D eigenvalue weighted by Crippen LogP contribution is -2.47. The molecule has 8 heteroatoms. The predicted molar refractivity (Wildman–Crippen MR) is 124 cm³/mol. The Morgan fingerprint density at radius 2 is 1.59 bits per heavy atom. The quantitative estimate of drug-likeness (QED) is 0.538. The molecular formula is C24H28N4O4. The fourth-order valence-corrected chi connectivity index (χ4v) is 3.75. The van der Waals surface area contributed by atoms with E-state index in [1.54, 1.807) is 26.4 Å². The molecule has 1 fully saturated rings. The number of nitrogens with zero attached hydrogens (tertiary/aromatic N) is 4. The summed E-state index contributed by atoms with van der Waals surface area (Å²) in [6, 6.07) is 18.9. The van der Waals surface area contributed by atoms with Crippen LogP contribution in [-0.2, 0) is 6.54 Å². The molecule has 8 nitrogen and oxygen atoms in total. The van der Waals surface area contributed by atoms with Gasteiger partial charge in [-0.1, -0.05) is 18.2 Å². The second-order valence-corrected chi connectivity index (χ2v) is 7.43. The van der Waals surface area contributed by atoms with Crippen molar-refractivity contribution in [2.45, 2.75) is 6.54 Å². The van der Waals surface area contributed by atoms with Crippen LogP contribution in [-0.4, -0.2) is 56.8 Å². The highest BCUT2D eigenvalue weighted by molar-refractivity contribution is 5.52. The molecule has 3 aromatic rings. The zero-order valence-corrected chi connectivity index (χ0v) is 18.4. The van der Waals surface area contributed by atoms with Crippen LogP contribution in [0.5, 0.6) is 17.2 Å². The van der Waals surface area contributed by atoms with E-state index in [0.29, 0.717) is 24.7 Å². The van der Waals surface area contributed by atoms with E-state index in [1.807, 2.05) is 36.4 Å². The Hall–Kier alpha value is -3.68. The number of anilines is 2. The Kier molecular flexibility index (Phi) is 6.79. The number of hydrogen-bond acceptors (Lipinski definition) is 7. The molecule has 32 heavy (non-hydrogen) atoms. The molecule has 168 valence electrons. The number of para-hydroxylation sites is 2. The first-order valence-electron chi connectivity index (χ1n) is 10.7. The van der Waals surface area contributed by atoms with Gasteiger partial charge >= 0.3 is 0 Å². The Labute approximate surface area is 187 Å². The molecule has 1 aliphatic rings. The zero-order valence-electron chi connectivity index (χ0n) is 18.4. The van der Waals surface area contributed by atoms with Crippen LogP contribution in [0, 0.1) is 0 Å². The van der Waals surface area contributed by atoms with E-state index in [2.05, 4.69) is 27.0 Å². The van der Waals surface area contributed by atoms with Crippen LogP contribution in [0.25, 0.3) is 0 Å². The number of benzene rings is 2.